The molecule has 6 heteroatoms. The number of imidazole rings is 1. The molecule has 2 rings (SSSR count). The summed E-state index contributed by atoms with van der Waals surface area (Å²) in [6, 6.07) is 0. The highest BCUT2D eigenvalue weighted by Gasteiger charge is 2.17. The van der Waals surface area contributed by atoms with Gasteiger partial charge in [0.15, 0.2) is 5.65 Å². The maximum atomic E-state index is 6.03. The Morgan fingerprint density at radius 1 is 1.32 bits per heavy atom. The molecule has 4 nitrogen and oxygen atoms in total. The van der Waals surface area contributed by atoms with E-state index in [1.165, 1.54) is 12.2 Å². The number of fused-ring (bicyclic) bond motifs is 1. The highest BCUT2D eigenvalue weighted by Crippen LogP contribution is 2.21. The Kier molecular flexibility index (Phi) is 5.16. The molecule has 0 aromatic carbocycles. The van der Waals surface area contributed by atoms with Crippen molar-refractivity contribution in [1.82, 2.24) is 19.3 Å². The molecule has 19 heavy (non-hydrogen) atoms. The van der Waals surface area contributed by atoms with Crippen LogP contribution in [0.5, 0.6) is 0 Å². The average molecular weight is 301 g/mol. The molecule has 0 unspecified atom stereocenters. The monoisotopic (exact) mass is 300 g/mol. The molecule has 0 bridgehead atoms. The van der Waals surface area contributed by atoms with Crippen LogP contribution in [0.1, 0.15) is 31.3 Å². The number of aryl methyl sites for hydroxylation is 3. The number of aromatic nitrogens is 4. The minimum absolute atomic E-state index is 0.459. The molecule has 0 N–H and O–H groups in total. The van der Waals surface area contributed by atoms with Crippen LogP contribution in [0.2, 0.25) is 0 Å². The normalized spacial score (nSPS) is 11.6. The van der Waals surface area contributed by atoms with Gasteiger partial charge in [-0.05, 0) is 31.3 Å². The summed E-state index contributed by atoms with van der Waals surface area (Å²) in [6.07, 6.45) is 5.43. The van der Waals surface area contributed by atoms with Crippen molar-refractivity contribution in [3.63, 3.8) is 0 Å². The number of rotatable bonds is 7. The SMILES string of the molecule is CCc1nn(C)c2c1nc(CCl)n2CCCCSC. The van der Waals surface area contributed by atoms with Gasteiger partial charge < -0.3 is 4.57 Å². The molecular formula is C13H21ClN4S. The molecule has 0 saturated carbocycles. The van der Waals surface area contributed by atoms with E-state index in [0.29, 0.717) is 5.88 Å². The van der Waals surface area contributed by atoms with Crippen LogP contribution in [0.4, 0.5) is 0 Å². The molecule has 0 fully saturated rings. The van der Waals surface area contributed by atoms with Crippen molar-refractivity contribution < 1.29 is 0 Å². The second kappa shape index (κ2) is 6.66. The average Bonchev–Trinajstić information content (AvgIpc) is 2.93. The van der Waals surface area contributed by atoms with E-state index in [4.69, 9.17) is 11.6 Å². The summed E-state index contributed by atoms with van der Waals surface area (Å²) in [7, 11) is 1.99. The number of halogens is 1. The topological polar surface area (TPSA) is 35.6 Å². The van der Waals surface area contributed by atoms with Gasteiger partial charge in [-0.15, -0.1) is 11.6 Å². The van der Waals surface area contributed by atoms with E-state index in [2.05, 4.69) is 27.8 Å². The van der Waals surface area contributed by atoms with Gasteiger partial charge in [0.05, 0.1) is 11.6 Å². The molecular weight excluding hydrogens is 280 g/mol. The van der Waals surface area contributed by atoms with Crippen molar-refractivity contribution in [3.8, 4) is 0 Å². The lowest BCUT2D eigenvalue weighted by atomic mass is 10.3. The molecule has 0 saturated heterocycles. The fourth-order valence-corrected chi connectivity index (χ4v) is 3.08. The number of thioether (sulfide) groups is 1. The van der Waals surface area contributed by atoms with Gasteiger partial charge in [-0.25, -0.2) is 4.98 Å². The van der Waals surface area contributed by atoms with E-state index in [9.17, 15) is 0 Å². The van der Waals surface area contributed by atoms with E-state index in [1.54, 1.807) is 0 Å². The van der Waals surface area contributed by atoms with Gasteiger partial charge in [-0.2, -0.15) is 16.9 Å². The quantitative estimate of drug-likeness (QED) is 0.582. The van der Waals surface area contributed by atoms with E-state index < -0.39 is 0 Å². The first-order valence-electron chi connectivity index (χ1n) is 6.68. The lowest BCUT2D eigenvalue weighted by Crippen LogP contribution is -2.07. The lowest BCUT2D eigenvalue weighted by Gasteiger charge is -2.07. The van der Waals surface area contributed by atoms with Crippen LogP contribution in [-0.4, -0.2) is 31.3 Å². The van der Waals surface area contributed by atoms with Gasteiger partial charge in [0, 0.05) is 13.6 Å². The summed E-state index contributed by atoms with van der Waals surface area (Å²) in [5.74, 6) is 2.63. The standard InChI is InChI=1S/C13H21ClN4S/c1-4-10-12-13(17(2)16-10)18(11(9-14)15-12)7-5-6-8-19-3/h4-9H2,1-3H3. The maximum Gasteiger partial charge on any atom is 0.158 e. The molecule has 0 spiro atoms. The van der Waals surface area contributed by atoms with Crippen molar-refractivity contribution in [1.29, 1.82) is 0 Å². The summed E-state index contributed by atoms with van der Waals surface area (Å²) in [6.45, 7) is 3.08. The van der Waals surface area contributed by atoms with Crippen LogP contribution < -0.4 is 0 Å². The Hall–Kier alpha value is -0.680. The molecule has 0 aliphatic heterocycles. The van der Waals surface area contributed by atoms with Crippen molar-refractivity contribution in [2.24, 2.45) is 7.05 Å². The van der Waals surface area contributed by atoms with Crippen LogP contribution in [0.3, 0.4) is 0 Å². The minimum Gasteiger partial charge on any atom is -0.312 e. The number of nitrogens with zero attached hydrogens (tertiary/aromatic N) is 4. The van der Waals surface area contributed by atoms with Crippen LogP contribution in [0.25, 0.3) is 11.2 Å². The first-order valence-corrected chi connectivity index (χ1v) is 8.61. The van der Waals surface area contributed by atoms with Gasteiger partial charge in [0.1, 0.15) is 11.3 Å². The van der Waals surface area contributed by atoms with Gasteiger partial charge in [0.25, 0.3) is 0 Å². The second-order valence-electron chi connectivity index (χ2n) is 4.61. The molecule has 0 radical (unpaired) electrons. The number of hydrogen-bond donors (Lipinski definition) is 0. The van der Waals surface area contributed by atoms with Gasteiger partial charge in [-0.3, -0.25) is 4.68 Å². The molecule has 0 aliphatic rings. The Labute approximate surface area is 123 Å². The van der Waals surface area contributed by atoms with Gasteiger partial charge in [0.2, 0.25) is 0 Å². The second-order valence-corrected chi connectivity index (χ2v) is 5.86. The zero-order chi connectivity index (χ0) is 13.8. The predicted molar refractivity (Wildman–Crippen MR) is 83.1 cm³/mol. The summed E-state index contributed by atoms with van der Waals surface area (Å²) in [5, 5.41) is 4.53. The minimum atomic E-state index is 0.459. The predicted octanol–water partition coefficient (Wildman–Crippen LogP) is 3.21. The van der Waals surface area contributed by atoms with Crippen molar-refractivity contribution in [2.75, 3.05) is 12.0 Å². The first kappa shape index (κ1) is 14.7. The number of unbranched alkanes of at least 4 members (excludes halogenated alkanes) is 1. The van der Waals surface area contributed by atoms with Crippen LogP contribution in [0, 0.1) is 0 Å². The summed E-state index contributed by atoms with van der Waals surface area (Å²) in [4.78, 5) is 4.66. The Bertz CT molecular complexity index is 546. The summed E-state index contributed by atoms with van der Waals surface area (Å²) in [5.41, 5.74) is 3.19. The molecule has 2 aromatic rings. The van der Waals surface area contributed by atoms with Crippen LogP contribution >= 0.6 is 23.4 Å². The molecule has 0 atom stereocenters. The molecule has 0 aliphatic carbocycles. The fraction of sp³-hybridized carbons (Fsp3) is 0.692. The third-order valence-corrected chi connectivity index (χ3v) is 4.24. The smallest absolute Gasteiger partial charge is 0.158 e. The van der Waals surface area contributed by atoms with E-state index in [-0.39, 0.29) is 0 Å². The van der Waals surface area contributed by atoms with Crippen molar-refractivity contribution >= 4 is 34.5 Å². The zero-order valence-electron chi connectivity index (χ0n) is 11.8. The third-order valence-electron chi connectivity index (χ3n) is 3.31. The van der Waals surface area contributed by atoms with Crippen molar-refractivity contribution in [3.05, 3.63) is 11.5 Å². The van der Waals surface area contributed by atoms with E-state index >= 15 is 0 Å². The molecule has 0 amide bonds. The number of alkyl halides is 1. The van der Waals surface area contributed by atoms with E-state index in [1.807, 2.05) is 23.5 Å². The first-order chi connectivity index (χ1) is 9.22. The Morgan fingerprint density at radius 2 is 2.11 bits per heavy atom. The largest absolute Gasteiger partial charge is 0.312 e. The highest BCUT2D eigenvalue weighted by molar-refractivity contribution is 7.98. The molecule has 2 heterocycles. The Morgan fingerprint density at radius 3 is 2.74 bits per heavy atom. The third kappa shape index (κ3) is 2.92. The fourth-order valence-electron chi connectivity index (χ4n) is 2.38. The zero-order valence-corrected chi connectivity index (χ0v) is 13.4. The van der Waals surface area contributed by atoms with Crippen LogP contribution in [-0.2, 0) is 25.9 Å². The van der Waals surface area contributed by atoms with Crippen molar-refractivity contribution in [2.45, 2.75) is 38.6 Å². The van der Waals surface area contributed by atoms with Gasteiger partial charge in [-0.1, -0.05) is 6.92 Å². The highest BCUT2D eigenvalue weighted by atomic mass is 35.5. The lowest BCUT2D eigenvalue weighted by molar-refractivity contribution is 0.609. The summed E-state index contributed by atoms with van der Waals surface area (Å²) >= 11 is 7.93. The summed E-state index contributed by atoms with van der Waals surface area (Å²) < 4.78 is 4.17. The van der Waals surface area contributed by atoms with Gasteiger partial charge >= 0.3 is 0 Å². The van der Waals surface area contributed by atoms with E-state index in [0.717, 1.165) is 42.1 Å². The maximum absolute atomic E-state index is 6.03. The number of hydrogen-bond acceptors (Lipinski definition) is 3. The molecule has 2 aromatic heterocycles. The van der Waals surface area contributed by atoms with Crippen LogP contribution in [0.15, 0.2) is 0 Å². The molecule has 106 valence electrons. The Balaban J connectivity index is 2.31.